The van der Waals surface area contributed by atoms with Crippen LogP contribution in [0.1, 0.15) is 17.5 Å². The maximum absolute atomic E-state index is 11.2. The molecule has 0 aromatic heterocycles. The van der Waals surface area contributed by atoms with Crippen LogP contribution in [0.3, 0.4) is 0 Å². The molecule has 1 atom stereocenters. The molecule has 1 unspecified atom stereocenters. The second-order valence-electron chi connectivity index (χ2n) is 4.79. The first-order valence-electron chi connectivity index (χ1n) is 6.49. The Balaban J connectivity index is 2.06. The molecule has 4 heteroatoms. The van der Waals surface area contributed by atoms with E-state index in [0.717, 1.165) is 31.6 Å². The molecular formula is C15H19N3O. The molecule has 4 nitrogen and oxygen atoms in total. The molecule has 0 saturated carbocycles. The van der Waals surface area contributed by atoms with Gasteiger partial charge in [0.25, 0.3) is 0 Å². The highest BCUT2D eigenvalue weighted by molar-refractivity contribution is 5.77. The number of benzene rings is 1. The fourth-order valence-electron chi connectivity index (χ4n) is 2.38. The number of hydrogen-bond donors (Lipinski definition) is 2. The van der Waals surface area contributed by atoms with Gasteiger partial charge in [0.05, 0.1) is 12.5 Å². The van der Waals surface area contributed by atoms with Crippen LogP contribution in [0.2, 0.25) is 0 Å². The van der Waals surface area contributed by atoms with E-state index in [4.69, 9.17) is 11.5 Å². The predicted molar refractivity (Wildman–Crippen MR) is 75.0 cm³/mol. The third-order valence-electron chi connectivity index (χ3n) is 3.41. The fourth-order valence-corrected chi connectivity index (χ4v) is 2.38. The summed E-state index contributed by atoms with van der Waals surface area (Å²) in [4.78, 5) is 13.4. The molecule has 1 heterocycles. The molecule has 4 N–H and O–H groups in total. The van der Waals surface area contributed by atoms with E-state index in [1.165, 1.54) is 5.56 Å². The number of hydrogen-bond acceptors (Lipinski definition) is 3. The van der Waals surface area contributed by atoms with Crippen LogP contribution >= 0.6 is 0 Å². The van der Waals surface area contributed by atoms with E-state index in [-0.39, 0.29) is 11.8 Å². The van der Waals surface area contributed by atoms with Gasteiger partial charge in [-0.3, -0.25) is 9.69 Å². The molecule has 1 amide bonds. The van der Waals surface area contributed by atoms with E-state index in [2.05, 4.69) is 22.8 Å². The number of primary amides is 1. The van der Waals surface area contributed by atoms with Gasteiger partial charge in [0.2, 0.25) is 5.91 Å². The van der Waals surface area contributed by atoms with Crippen LogP contribution in [0.25, 0.3) is 0 Å². The van der Waals surface area contributed by atoms with Crippen LogP contribution < -0.4 is 11.5 Å². The van der Waals surface area contributed by atoms with Gasteiger partial charge in [-0.1, -0.05) is 30.0 Å². The lowest BCUT2D eigenvalue weighted by molar-refractivity contribution is -0.121. The first-order valence-corrected chi connectivity index (χ1v) is 6.49. The average molecular weight is 257 g/mol. The Morgan fingerprint density at radius 1 is 1.42 bits per heavy atom. The normalized spacial score (nSPS) is 18.9. The number of likely N-dealkylation sites (tertiary alicyclic amines) is 1. The van der Waals surface area contributed by atoms with E-state index in [9.17, 15) is 4.79 Å². The number of amides is 1. The second kappa shape index (κ2) is 6.37. The van der Waals surface area contributed by atoms with Gasteiger partial charge in [0, 0.05) is 18.7 Å². The van der Waals surface area contributed by atoms with Gasteiger partial charge in [0.1, 0.15) is 0 Å². The van der Waals surface area contributed by atoms with Crippen LogP contribution in [0, 0.1) is 17.8 Å². The number of rotatable bonds is 3. The average Bonchev–Trinajstić information content (AvgIpc) is 2.86. The summed E-state index contributed by atoms with van der Waals surface area (Å²) in [7, 11) is 0. The summed E-state index contributed by atoms with van der Waals surface area (Å²) >= 11 is 0. The minimum atomic E-state index is -0.196. The minimum absolute atomic E-state index is 0.0118. The maximum Gasteiger partial charge on any atom is 0.221 e. The zero-order valence-corrected chi connectivity index (χ0v) is 10.9. The van der Waals surface area contributed by atoms with E-state index in [1.807, 2.05) is 18.2 Å². The fraction of sp³-hybridized carbons (Fsp3) is 0.400. The molecular weight excluding hydrogens is 238 g/mol. The summed E-state index contributed by atoms with van der Waals surface area (Å²) in [6, 6.07) is 8.04. The molecule has 0 spiro atoms. The molecule has 1 aliphatic rings. The van der Waals surface area contributed by atoms with Crippen LogP contribution in [0.15, 0.2) is 24.3 Å². The van der Waals surface area contributed by atoms with Gasteiger partial charge >= 0.3 is 0 Å². The summed E-state index contributed by atoms with van der Waals surface area (Å²) in [5.41, 5.74) is 12.9. The molecule has 1 aromatic rings. The first kappa shape index (κ1) is 13.6. The highest BCUT2D eigenvalue weighted by Gasteiger charge is 2.26. The summed E-state index contributed by atoms with van der Waals surface area (Å²) in [5.74, 6) is 5.76. The molecule has 2 rings (SSSR count). The van der Waals surface area contributed by atoms with Gasteiger partial charge in [-0.2, -0.15) is 0 Å². The van der Waals surface area contributed by atoms with Crippen molar-refractivity contribution in [2.75, 3.05) is 19.6 Å². The van der Waals surface area contributed by atoms with E-state index in [1.54, 1.807) is 0 Å². The van der Waals surface area contributed by atoms with Crippen molar-refractivity contribution < 1.29 is 4.79 Å². The van der Waals surface area contributed by atoms with E-state index in [0.29, 0.717) is 6.54 Å². The molecule has 0 aliphatic carbocycles. The van der Waals surface area contributed by atoms with Crippen molar-refractivity contribution in [3.05, 3.63) is 35.4 Å². The van der Waals surface area contributed by atoms with Crippen LogP contribution in [-0.2, 0) is 11.3 Å². The molecule has 1 aromatic carbocycles. The van der Waals surface area contributed by atoms with Crippen molar-refractivity contribution >= 4 is 5.91 Å². The number of nitrogens with two attached hydrogens (primary N) is 2. The molecule has 0 radical (unpaired) electrons. The Kier molecular flexibility index (Phi) is 4.56. The van der Waals surface area contributed by atoms with E-state index >= 15 is 0 Å². The largest absolute Gasteiger partial charge is 0.369 e. The van der Waals surface area contributed by atoms with Crippen molar-refractivity contribution in [3.8, 4) is 11.8 Å². The molecule has 1 aliphatic heterocycles. The lowest BCUT2D eigenvalue weighted by atomic mass is 10.1. The second-order valence-corrected chi connectivity index (χ2v) is 4.79. The standard InChI is InChI=1S/C15H19N3O/c16-8-3-6-12-4-1-2-5-13(12)10-18-9-7-14(11-18)15(17)19/h1-2,4-5,14H,7-11,16H2,(H2,17,19). The summed E-state index contributed by atoms with van der Waals surface area (Å²) in [6.07, 6.45) is 0.853. The smallest absolute Gasteiger partial charge is 0.221 e. The Morgan fingerprint density at radius 3 is 2.89 bits per heavy atom. The van der Waals surface area contributed by atoms with Gasteiger partial charge in [-0.05, 0) is 24.6 Å². The number of carbonyl (C=O) groups excluding carboxylic acids is 1. The zero-order valence-electron chi connectivity index (χ0n) is 10.9. The number of nitrogens with zero attached hydrogens (tertiary/aromatic N) is 1. The Bertz CT molecular complexity index is 516. The topological polar surface area (TPSA) is 72.3 Å². The lowest BCUT2D eigenvalue weighted by Crippen LogP contribution is -2.27. The van der Waals surface area contributed by atoms with Gasteiger partial charge in [-0.25, -0.2) is 0 Å². The van der Waals surface area contributed by atoms with Gasteiger partial charge in [0.15, 0.2) is 0 Å². The van der Waals surface area contributed by atoms with Gasteiger partial charge < -0.3 is 11.5 Å². The minimum Gasteiger partial charge on any atom is -0.369 e. The Hall–Kier alpha value is -1.83. The van der Waals surface area contributed by atoms with Crippen molar-refractivity contribution in [3.63, 3.8) is 0 Å². The quantitative estimate of drug-likeness (QED) is 0.765. The molecule has 1 saturated heterocycles. The third kappa shape index (κ3) is 3.57. The molecule has 19 heavy (non-hydrogen) atoms. The lowest BCUT2D eigenvalue weighted by Gasteiger charge is -2.16. The van der Waals surface area contributed by atoms with E-state index < -0.39 is 0 Å². The van der Waals surface area contributed by atoms with Crippen molar-refractivity contribution in [2.24, 2.45) is 17.4 Å². The molecule has 1 fully saturated rings. The Morgan fingerprint density at radius 2 is 2.21 bits per heavy atom. The highest BCUT2D eigenvalue weighted by atomic mass is 16.1. The number of carbonyl (C=O) groups is 1. The zero-order chi connectivity index (χ0) is 13.7. The van der Waals surface area contributed by atoms with Gasteiger partial charge in [-0.15, -0.1) is 0 Å². The van der Waals surface area contributed by atoms with Crippen molar-refractivity contribution in [1.29, 1.82) is 0 Å². The first-order chi connectivity index (χ1) is 9.20. The summed E-state index contributed by atoms with van der Waals surface area (Å²) in [5, 5.41) is 0. The Labute approximate surface area is 113 Å². The predicted octanol–water partition coefficient (Wildman–Crippen LogP) is 0.304. The van der Waals surface area contributed by atoms with Crippen LogP contribution in [0.4, 0.5) is 0 Å². The summed E-state index contributed by atoms with van der Waals surface area (Å²) in [6.45, 7) is 2.82. The van der Waals surface area contributed by atoms with Crippen molar-refractivity contribution in [1.82, 2.24) is 4.90 Å². The molecule has 0 bridgehead atoms. The third-order valence-corrected chi connectivity index (χ3v) is 3.41. The highest BCUT2D eigenvalue weighted by Crippen LogP contribution is 2.19. The monoisotopic (exact) mass is 257 g/mol. The molecule has 100 valence electrons. The van der Waals surface area contributed by atoms with Crippen LogP contribution in [0.5, 0.6) is 0 Å². The van der Waals surface area contributed by atoms with Crippen LogP contribution in [-0.4, -0.2) is 30.4 Å². The SMILES string of the molecule is NCC#Cc1ccccc1CN1CCC(C(N)=O)C1. The maximum atomic E-state index is 11.2. The summed E-state index contributed by atoms with van der Waals surface area (Å²) < 4.78 is 0. The van der Waals surface area contributed by atoms with Crippen molar-refractivity contribution in [2.45, 2.75) is 13.0 Å².